The fourth-order valence-corrected chi connectivity index (χ4v) is 4.59. The summed E-state index contributed by atoms with van der Waals surface area (Å²) < 4.78 is 1.62. The van der Waals surface area contributed by atoms with E-state index in [0.29, 0.717) is 16.1 Å². The van der Waals surface area contributed by atoms with E-state index in [1.807, 2.05) is 60.4 Å². The van der Waals surface area contributed by atoms with E-state index in [1.165, 1.54) is 18.2 Å². The molecular weight excluding hydrogens is 370 g/mol. The molecule has 0 saturated carbocycles. The highest BCUT2D eigenvalue weighted by Gasteiger charge is 2.25. The molecule has 4 rings (SSSR count). The number of thioether (sulfide) groups is 1. The standard InChI is InChI=1S/C22H23N3O2S/c1-16(20(26)24-14-8-3-9-15-24)28-22-23-19-13-7-6-12-18(19)21(27)25(22)17-10-4-2-5-11-17/h2,4-7,10-13,16H,3,8-9,14-15H2,1H3. The minimum absolute atomic E-state index is 0.114. The van der Waals surface area contributed by atoms with Crippen molar-refractivity contribution in [3.63, 3.8) is 0 Å². The van der Waals surface area contributed by atoms with Gasteiger partial charge in [0.15, 0.2) is 5.16 Å². The number of piperidine rings is 1. The Balaban J connectivity index is 1.75. The van der Waals surface area contributed by atoms with Crippen molar-refractivity contribution in [3.8, 4) is 5.69 Å². The molecule has 1 atom stereocenters. The second kappa shape index (κ2) is 8.19. The number of fused-ring (bicyclic) bond motifs is 1. The van der Waals surface area contributed by atoms with Gasteiger partial charge in [0.1, 0.15) is 0 Å². The Morgan fingerprint density at radius 3 is 2.43 bits per heavy atom. The van der Waals surface area contributed by atoms with Gasteiger partial charge in [-0.1, -0.05) is 42.1 Å². The predicted octanol–water partition coefficient (Wildman–Crippen LogP) is 3.88. The van der Waals surface area contributed by atoms with Crippen LogP contribution in [-0.4, -0.2) is 38.7 Å². The third kappa shape index (κ3) is 3.69. The Kier molecular flexibility index (Phi) is 5.48. The van der Waals surface area contributed by atoms with Crippen LogP contribution in [0.2, 0.25) is 0 Å². The zero-order valence-corrected chi connectivity index (χ0v) is 16.7. The number of carbonyl (C=O) groups excluding carboxylic acids is 1. The van der Waals surface area contributed by atoms with Gasteiger partial charge in [0.2, 0.25) is 5.91 Å². The van der Waals surface area contributed by atoms with Crippen LogP contribution in [0.15, 0.2) is 64.5 Å². The second-order valence-electron chi connectivity index (χ2n) is 7.03. The van der Waals surface area contributed by atoms with Crippen molar-refractivity contribution in [1.82, 2.24) is 14.5 Å². The summed E-state index contributed by atoms with van der Waals surface area (Å²) in [6.45, 7) is 3.54. The molecule has 0 aliphatic carbocycles. The van der Waals surface area contributed by atoms with Gasteiger partial charge in [-0.05, 0) is 50.5 Å². The first-order valence-corrected chi connectivity index (χ1v) is 10.6. The van der Waals surface area contributed by atoms with Crippen molar-refractivity contribution in [2.24, 2.45) is 0 Å². The SMILES string of the molecule is CC(Sc1nc2ccccc2c(=O)n1-c1ccccc1)C(=O)N1CCCCC1. The van der Waals surface area contributed by atoms with Crippen LogP contribution >= 0.6 is 11.8 Å². The average Bonchev–Trinajstić information content (AvgIpc) is 2.74. The summed E-state index contributed by atoms with van der Waals surface area (Å²) >= 11 is 1.36. The topological polar surface area (TPSA) is 55.2 Å². The lowest BCUT2D eigenvalue weighted by molar-refractivity contribution is -0.131. The Morgan fingerprint density at radius 1 is 1.00 bits per heavy atom. The molecule has 1 aromatic heterocycles. The Morgan fingerprint density at radius 2 is 1.68 bits per heavy atom. The fourth-order valence-electron chi connectivity index (χ4n) is 3.58. The number of hydrogen-bond acceptors (Lipinski definition) is 4. The minimum atomic E-state index is -0.305. The molecule has 1 saturated heterocycles. The third-order valence-corrected chi connectivity index (χ3v) is 6.10. The van der Waals surface area contributed by atoms with Crippen LogP contribution in [0.25, 0.3) is 16.6 Å². The van der Waals surface area contributed by atoms with Crippen molar-refractivity contribution in [1.29, 1.82) is 0 Å². The summed E-state index contributed by atoms with van der Waals surface area (Å²) in [5.74, 6) is 0.117. The number of amides is 1. The first-order valence-electron chi connectivity index (χ1n) is 9.68. The molecule has 28 heavy (non-hydrogen) atoms. The number of aromatic nitrogens is 2. The number of carbonyl (C=O) groups is 1. The first kappa shape index (κ1) is 18.7. The summed E-state index contributed by atoms with van der Waals surface area (Å²) in [6, 6.07) is 16.8. The molecule has 0 spiro atoms. The fraction of sp³-hybridized carbons (Fsp3) is 0.318. The molecule has 144 valence electrons. The molecule has 1 amide bonds. The number of rotatable bonds is 4. The quantitative estimate of drug-likeness (QED) is 0.499. The van der Waals surface area contributed by atoms with Crippen LogP contribution in [0, 0.1) is 0 Å². The molecule has 1 unspecified atom stereocenters. The van der Waals surface area contributed by atoms with Gasteiger partial charge in [0, 0.05) is 13.1 Å². The van der Waals surface area contributed by atoms with Gasteiger partial charge in [-0.2, -0.15) is 0 Å². The van der Waals surface area contributed by atoms with Crippen LogP contribution in [0.3, 0.4) is 0 Å². The van der Waals surface area contributed by atoms with Crippen molar-refractivity contribution in [2.75, 3.05) is 13.1 Å². The van der Waals surface area contributed by atoms with E-state index in [2.05, 4.69) is 0 Å². The lowest BCUT2D eigenvalue weighted by Crippen LogP contribution is -2.40. The molecule has 1 fully saturated rings. The number of nitrogens with zero attached hydrogens (tertiary/aromatic N) is 3. The molecule has 2 aromatic carbocycles. The molecule has 0 radical (unpaired) electrons. The number of hydrogen-bond donors (Lipinski definition) is 0. The van der Waals surface area contributed by atoms with Crippen LogP contribution < -0.4 is 5.56 Å². The van der Waals surface area contributed by atoms with Crippen molar-refractivity contribution >= 4 is 28.6 Å². The van der Waals surface area contributed by atoms with Gasteiger partial charge in [0.05, 0.1) is 21.8 Å². The van der Waals surface area contributed by atoms with Crippen LogP contribution in [0.5, 0.6) is 0 Å². The van der Waals surface area contributed by atoms with Gasteiger partial charge < -0.3 is 4.90 Å². The van der Waals surface area contributed by atoms with Gasteiger partial charge in [0.25, 0.3) is 5.56 Å². The maximum Gasteiger partial charge on any atom is 0.266 e. The molecule has 1 aliphatic rings. The Hall–Kier alpha value is -2.60. The molecule has 2 heterocycles. The van der Waals surface area contributed by atoms with E-state index in [1.54, 1.807) is 10.6 Å². The maximum atomic E-state index is 13.2. The maximum absolute atomic E-state index is 13.2. The molecule has 5 nitrogen and oxygen atoms in total. The number of benzene rings is 2. The van der Waals surface area contributed by atoms with Crippen molar-refractivity contribution < 1.29 is 4.79 Å². The zero-order valence-electron chi connectivity index (χ0n) is 15.9. The van der Waals surface area contributed by atoms with E-state index >= 15 is 0 Å². The first-order chi connectivity index (χ1) is 13.6. The number of likely N-dealkylation sites (tertiary alicyclic amines) is 1. The zero-order chi connectivity index (χ0) is 19.5. The summed E-state index contributed by atoms with van der Waals surface area (Å²) in [7, 11) is 0. The smallest absolute Gasteiger partial charge is 0.266 e. The van der Waals surface area contributed by atoms with E-state index in [9.17, 15) is 9.59 Å². The average molecular weight is 394 g/mol. The molecule has 0 N–H and O–H groups in total. The highest BCUT2D eigenvalue weighted by molar-refractivity contribution is 8.00. The van der Waals surface area contributed by atoms with Crippen molar-refractivity contribution in [2.45, 2.75) is 36.6 Å². The van der Waals surface area contributed by atoms with E-state index in [4.69, 9.17) is 4.98 Å². The Labute approximate surface area is 168 Å². The van der Waals surface area contributed by atoms with Gasteiger partial charge in [-0.15, -0.1) is 0 Å². The van der Waals surface area contributed by atoms with Crippen LogP contribution in [0.4, 0.5) is 0 Å². The molecule has 3 aromatic rings. The monoisotopic (exact) mass is 393 g/mol. The summed E-state index contributed by atoms with van der Waals surface area (Å²) in [4.78, 5) is 32.8. The summed E-state index contributed by atoms with van der Waals surface area (Å²) in [5, 5.41) is 0.819. The highest BCUT2D eigenvalue weighted by atomic mass is 32.2. The largest absolute Gasteiger partial charge is 0.342 e. The third-order valence-electron chi connectivity index (χ3n) is 5.06. The Bertz CT molecular complexity index is 1040. The summed E-state index contributed by atoms with van der Waals surface area (Å²) in [5.41, 5.74) is 1.29. The van der Waals surface area contributed by atoms with E-state index in [-0.39, 0.29) is 16.7 Å². The van der Waals surface area contributed by atoms with Gasteiger partial charge in [-0.3, -0.25) is 14.2 Å². The highest BCUT2D eigenvalue weighted by Crippen LogP contribution is 2.26. The van der Waals surface area contributed by atoms with Crippen LogP contribution in [-0.2, 0) is 4.79 Å². The van der Waals surface area contributed by atoms with E-state index in [0.717, 1.165) is 31.6 Å². The van der Waals surface area contributed by atoms with Crippen molar-refractivity contribution in [3.05, 3.63) is 65.0 Å². The normalized spacial score (nSPS) is 15.5. The van der Waals surface area contributed by atoms with Gasteiger partial charge in [-0.25, -0.2) is 4.98 Å². The number of para-hydroxylation sites is 2. The predicted molar refractivity (Wildman–Crippen MR) is 113 cm³/mol. The van der Waals surface area contributed by atoms with Gasteiger partial charge >= 0.3 is 0 Å². The van der Waals surface area contributed by atoms with E-state index < -0.39 is 0 Å². The minimum Gasteiger partial charge on any atom is -0.342 e. The molecular formula is C22H23N3O2S. The van der Waals surface area contributed by atoms with Crippen LogP contribution in [0.1, 0.15) is 26.2 Å². The lowest BCUT2D eigenvalue weighted by atomic mass is 10.1. The molecule has 1 aliphatic heterocycles. The molecule has 0 bridgehead atoms. The summed E-state index contributed by atoms with van der Waals surface area (Å²) in [6.07, 6.45) is 3.31. The molecule has 6 heteroatoms. The second-order valence-corrected chi connectivity index (χ2v) is 8.34. The lowest BCUT2D eigenvalue weighted by Gasteiger charge is -2.29.